The van der Waals surface area contributed by atoms with Gasteiger partial charge < -0.3 is 9.47 Å². The van der Waals surface area contributed by atoms with Crippen LogP contribution >= 0.6 is 0 Å². The lowest BCUT2D eigenvalue weighted by Gasteiger charge is -2.22. The number of esters is 2. The molecule has 0 unspecified atom stereocenters. The Morgan fingerprint density at radius 1 is 1.16 bits per heavy atom. The van der Waals surface area contributed by atoms with Crippen molar-refractivity contribution in [2.45, 2.75) is 39.5 Å². The zero-order valence-electron chi connectivity index (χ0n) is 15.1. The van der Waals surface area contributed by atoms with E-state index < -0.39 is 17.4 Å². The van der Waals surface area contributed by atoms with Gasteiger partial charge in [0.05, 0.1) is 14.2 Å². The molecule has 0 spiro atoms. The number of amides is 1. The van der Waals surface area contributed by atoms with Crippen molar-refractivity contribution < 1.29 is 23.9 Å². The van der Waals surface area contributed by atoms with Gasteiger partial charge in [-0.15, -0.1) is 0 Å². The third-order valence-corrected chi connectivity index (χ3v) is 4.60. The molecule has 25 heavy (non-hydrogen) atoms. The van der Waals surface area contributed by atoms with Crippen molar-refractivity contribution in [1.82, 2.24) is 4.98 Å². The lowest BCUT2D eigenvalue weighted by Crippen LogP contribution is -2.42. The predicted octanol–water partition coefficient (Wildman–Crippen LogP) is 1.67. The van der Waals surface area contributed by atoms with Gasteiger partial charge >= 0.3 is 11.9 Å². The predicted molar refractivity (Wildman–Crippen MR) is 91.0 cm³/mol. The molecular weight excluding hydrogens is 324 g/mol. The van der Waals surface area contributed by atoms with E-state index >= 15 is 0 Å². The summed E-state index contributed by atoms with van der Waals surface area (Å²) in [6.07, 6.45) is 3.82. The fourth-order valence-electron chi connectivity index (χ4n) is 3.21. The molecule has 1 aliphatic carbocycles. The van der Waals surface area contributed by atoms with Gasteiger partial charge in [-0.2, -0.15) is 0 Å². The van der Waals surface area contributed by atoms with Gasteiger partial charge in [-0.1, -0.05) is 13.3 Å². The number of unbranched alkanes of at least 4 members (excludes halogenated alkanes) is 1. The van der Waals surface area contributed by atoms with E-state index in [1.807, 2.05) is 0 Å². The normalized spacial score (nSPS) is 14.6. The number of aromatic nitrogens is 1. The number of nitrogens with zero attached hydrogens (tertiary/aromatic N) is 2. The molecule has 0 N–H and O–H groups in total. The average molecular weight is 348 g/mol. The Balaban J connectivity index is 2.36. The number of pyridine rings is 1. The second kappa shape index (κ2) is 7.63. The highest BCUT2D eigenvalue weighted by molar-refractivity contribution is 6.01. The van der Waals surface area contributed by atoms with Crippen LogP contribution in [0.15, 0.2) is 12.3 Å². The maximum Gasteiger partial charge on any atom is 0.323 e. The van der Waals surface area contributed by atoms with Crippen LogP contribution in [0, 0.1) is 5.41 Å². The van der Waals surface area contributed by atoms with Gasteiger partial charge in [0.2, 0.25) is 5.91 Å². The lowest BCUT2D eigenvalue weighted by atomic mass is 9.85. The van der Waals surface area contributed by atoms with Crippen LogP contribution in [0.25, 0.3) is 0 Å². The highest BCUT2D eigenvalue weighted by Crippen LogP contribution is 2.40. The molecule has 1 heterocycles. The van der Waals surface area contributed by atoms with Crippen molar-refractivity contribution in [3.8, 4) is 0 Å². The molecular formula is C18H24N2O5. The number of ether oxygens (including phenoxy) is 2. The molecule has 1 amide bonds. The van der Waals surface area contributed by atoms with Crippen molar-refractivity contribution in [3.63, 3.8) is 0 Å². The molecule has 1 aliphatic rings. The molecule has 0 bridgehead atoms. The van der Waals surface area contributed by atoms with Crippen LogP contribution < -0.4 is 4.90 Å². The summed E-state index contributed by atoms with van der Waals surface area (Å²) in [5.41, 5.74) is 0.221. The van der Waals surface area contributed by atoms with Crippen molar-refractivity contribution in [1.29, 1.82) is 0 Å². The first-order chi connectivity index (χ1) is 11.9. The number of fused-ring (bicyclic) bond motifs is 1. The smallest absolute Gasteiger partial charge is 0.323 e. The standard InChI is InChI=1S/C18H24N2O5/c1-5-6-7-20(12(2)21)15-8-13-9-18(16(22)24-3,17(23)25-4)10-14(13)11-19-15/h8,11H,5-7,9-10H2,1-4H3. The molecule has 7 nitrogen and oxygen atoms in total. The van der Waals surface area contributed by atoms with E-state index in [-0.39, 0.29) is 18.7 Å². The summed E-state index contributed by atoms with van der Waals surface area (Å²) in [6.45, 7) is 4.13. The zero-order valence-corrected chi connectivity index (χ0v) is 15.1. The van der Waals surface area contributed by atoms with E-state index in [1.165, 1.54) is 21.1 Å². The Hall–Kier alpha value is -2.44. The Labute approximate surface area is 147 Å². The third kappa shape index (κ3) is 3.50. The van der Waals surface area contributed by atoms with Gasteiger partial charge in [0, 0.05) is 26.1 Å². The van der Waals surface area contributed by atoms with E-state index in [9.17, 15) is 14.4 Å². The molecule has 1 aromatic heterocycles. The van der Waals surface area contributed by atoms with E-state index in [2.05, 4.69) is 11.9 Å². The van der Waals surface area contributed by atoms with Crippen molar-refractivity contribution >= 4 is 23.7 Å². The minimum atomic E-state index is -1.38. The van der Waals surface area contributed by atoms with Crippen molar-refractivity contribution in [3.05, 3.63) is 23.4 Å². The molecule has 136 valence electrons. The number of carbonyl (C=O) groups excluding carboxylic acids is 3. The Morgan fingerprint density at radius 2 is 1.76 bits per heavy atom. The number of anilines is 1. The highest BCUT2D eigenvalue weighted by Gasteiger charge is 2.52. The SMILES string of the molecule is CCCCN(C(C)=O)c1cc2c(cn1)CC(C(=O)OC)(C(=O)OC)C2. The first-order valence-corrected chi connectivity index (χ1v) is 8.32. The van der Waals surface area contributed by atoms with E-state index in [1.54, 1.807) is 17.2 Å². The van der Waals surface area contributed by atoms with Gasteiger partial charge in [-0.05, 0) is 30.0 Å². The molecule has 0 radical (unpaired) electrons. The van der Waals surface area contributed by atoms with Crippen LogP contribution in [-0.2, 0) is 36.7 Å². The molecule has 2 rings (SSSR count). The summed E-state index contributed by atoms with van der Waals surface area (Å²) in [6, 6.07) is 1.78. The van der Waals surface area contributed by atoms with Crippen LogP contribution in [-0.4, -0.2) is 43.6 Å². The summed E-state index contributed by atoms with van der Waals surface area (Å²) in [5.74, 6) is -0.797. The highest BCUT2D eigenvalue weighted by atomic mass is 16.5. The quantitative estimate of drug-likeness (QED) is 0.574. The van der Waals surface area contributed by atoms with E-state index in [0.717, 1.165) is 24.0 Å². The molecule has 7 heteroatoms. The summed E-state index contributed by atoms with van der Waals surface area (Å²) in [4.78, 5) is 42.4. The van der Waals surface area contributed by atoms with Gasteiger partial charge in [-0.25, -0.2) is 4.98 Å². The average Bonchev–Trinajstić information content (AvgIpc) is 3.00. The maximum atomic E-state index is 12.3. The fraction of sp³-hybridized carbons (Fsp3) is 0.556. The van der Waals surface area contributed by atoms with Crippen molar-refractivity contribution in [2.75, 3.05) is 25.7 Å². The van der Waals surface area contributed by atoms with Gasteiger partial charge in [-0.3, -0.25) is 19.3 Å². The number of hydrogen-bond donors (Lipinski definition) is 0. The minimum Gasteiger partial charge on any atom is -0.468 e. The van der Waals surface area contributed by atoms with Gasteiger partial charge in [0.1, 0.15) is 5.82 Å². The second-order valence-electron chi connectivity index (χ2n) is 6.25. The molecule has 0 aromatic carbocycles. The largest absolute Gasteiger partial charge is 0.468 e. The maximum absolute atomic E-state index is 12.3. The van der Waals surface area contributed by atoms with E-state index in [0.29, 0.717) is 12.4 Å². The fourth-order valence-corrected chi connectivity index (χ4v) is 3.21. The molecule has 0 fully saturated rings. The molecule has 1 aromatic rings. The first kappa shape index (κ1) is 18.9. The van der Waals surface area contributed by atoms with Gasteiger partial charge in [0.15, 0.2) is 5.41 Å². The first-order valence-electron chi connectivity index (χ1n) is 8.32. The Kier molecular flexibility index (Phi) is 5.77. The Bertz CT molecular complexity index is 670. The molecule has 0 saturated carbocycles. The molecule has 0 aliphatic heterocycles. The van der Waals surface area contributed by atoms with Gasteiger partial charge in [0.25, 0.3) is 0 Å². The monoisotopic (exact) mass is 348 g/mol. The zero-order chi connectivity index (χ0) is 18.6. The van der Waals surface area contributed by atoms with Crippen LogP contribution in [0.4, 0.5) is 5.82 Å². The summed E-state index contributed by atoms with van der Waals surface area (Å²) >= 11 is 0. The number of carbonyl (C=O) groups is 3. The second-order valence-corrected chi connectivity index (χ2v) is 6.25. The van der Waals surface area contributed by atoms with Crippen LogP contribution in [0.2, 0.25) is 0 Å². The van der Waals surface area contributed by atoms with Crippen LogP contribution in [0.5, 0.6) is 0 Å². The third-order valence-electron chi connectivity index (χ3n) is 4.60. The number of rotatable bonds is 6. The molecule has 0 saturated heterocycles. The molecule has 0 atom stereocenters. The van der Waals surface area contributed by atoms with E-state index in [4.69, 9.17) is 9.47 Å². The minimum absolute atomic E-state index is 0.0916. The summed E-state index contributed by atoms with van der Waals surface area (Å²) in [5, 5.41) is 0. The van der Waals surface area contributed by atoms with Crippen LogP contribution in [0.1, 0.15) is 37.8 Å². The topological polar surface area (TPSA) is 85.8 Å². The van der Waals surface area contributed by atoms with Crippen molar-refractivity contribution in [2.24, 2.45) is 5.41 Å². The number of hydrogen-bond acceptors (Lipinski definition) is 6. The van der Waals surface area contributed by atoms with Crippen LogP contribution in [0.3, 0.4) is 0 Å². The summed E-state index contributed by atoms with van der Waals surface area (Å²) < 4.78 is 9.67. The Morgan fingerprint density at radius 3 is 2.28 bits per heavy atom. The number of methoxy groups -OCH3 is 2. The lowest BCUT2D eigenvalue weighted by molar-refractivity contribution is -0.168. The summed E-state index contributed by atoms with van der Waals surface area (Å²) in [7, 11) is 2.50.